The van der Waals surface area contributed by atoms with Crippen LogP contribution in [0.25, 0.3) is 0 Å². The van der Waals surface area contributed by atoms with Crippen LogP contribution in [0.5, 0.6) is 0 Å². The molecule has 2 rings (SSSR count). The SMILES string of the molecule is Cc1nc(C)n(CCCN2C[C@@H](C(=O)O)CC2=O)n1. The summed E-state index contributed by atoms with van der Waals surface area (Å²) < 4.78 is 1.81. The number of aliphatic carboxylic acids is 1. The van der Waals surface area contributed by atoms with Crippen molar-refractivity contribution in [3.8, 4) is 0 Å². The molecular weight excluding hydrogens is 248 g/mol. The molecule has 1 fully saturated rings. The molecule has 7 heteroatoms. The average molecular weight is 266 g/mol. The van der Waals surface area contributed by atoms with Gasteiger partial charge in [-0.05, 0) is 20.3 Å². The smallest absolute Gasteiger partial charge is 0.308 e. The molecule has 1 aromatic rings. The third-order valence-electron chi connectivity index (χ3n) is 3.32. The number of aromatic nitrogens is 3. The number of hydrogen-bond acceptors (Lipinski definition) is 4. The minimum absolute atomic E-state index is 0.0705. The lowest BCUT2D eigenvalue weighted by Crippen LogP contribution is -2.28. The minimum Gasteiger partial charge on any atom is -0.481 e. The van der Waals surface area contributed by atoms with Gasteiger partial charge in [0, 0.05) is 26.1 Å². The van der Waals surface area contributed by atoms with E-state index in [0.29, 0.717) is 19.6 Å². The van der Waals surface area contributed by atoms with E-state index in [9.17, 15) is 9.59 Å². The predicted molar refractivity (Wildman–Crippen MR) is 66.4 cm³/mol. The van der Waals surface area contributed by atoms with E-state index in [1.54, 1.807) is 4.90 Å². The summed E-state index contributed by atoms with van der Waals surface area (Å²) in [6, 6.07) is 0. The fourth-order valence-corrected chi connectivity index (χ4v) is 2.34. The normalized spacial score (nSPS) is 19.2. The topological polar surface area (TPSA) is 88.3 Å². The Hall–Kier alpha value is -1.92. The number of amides is 1. The van der Waals surface area contributed by atoms with Gasteiger partial charge in [-0.25, -0.2) is 4.98 Å². The first-order chi connectivity index (χ1) is 8.97. The monoisotopic (exact) mass is 266 g/mol. The zero-order chi connectivity index (χ0) is 14.0. The maximum absolute atomic E-state index is 11.6. The molecule has 1 aliphatic heterocycles. The van der Waals surface area contributed by atoms with Crippen molar-refractivity contribution in [2.45, 2.75) is 33.2 Å². The van der Waals surface area contributed by atoms with Crippen molar-refractivity contribution >= 4 is 11.9 Å². The van der Waals surface area contributed by atoms with Crippen LogP contribution in [0.3, 0.4) is 0 Å². The molecule has 0 spiro atoms. The summed E-state index contributed by atoms with van der Waals surface area (Å²) in [6.45, 7) is 5.31. The van der Waals surface area contributed by atoms with Gasteiger partial charge in [0.1, 0.15) is 11.6 Å². The van der Waals surface area contributed by atoms with Gasteiger partial charge in [0.15, 0.2) is 0 Å². The lowest BCUT2D eigenvalue weighted by molar-refractivity contribution is -0.141. The predicted octanol–water partition coefficient (Wildman–Crippen LogP) is 0.218. The van der Waals surface area contributed by atoms with Crippen molar-refractivity contribution in [3.05, 3.63) is 11.6 Å². The number of carbonyl (C=O) groups excluding carboxylic acids is 1. The second-order valence-corrected chi connectivity index (χ2v) is 4.86. The number of aryl methyl sites for hydroxylation is 3. The number of likely N-dealkylation sites (tertiary alicyclic amines) is 1. The van der Waals surface area contributed by atoms with Gasteiger partial charge in [-0.15, -0.1) is 0 Å². The Bertz CT molecular complexity index is 497. The van der Waals surface area contributed by atoms with Gasteiger partial charge in [-0.1, -0.05) is 0 Å². The Labute approximate surface area is 111 Å². The lowest BCUT2D eigenvalue weighted by Gasteiger charge is -2.15. The van der Waals surface area contributed by atoms with Crippen LogP contribution in [-0.4, -0.2) is 49.7 Å². The van der Waals surface area contributed by atoms with Crippen LogP contribution in [0.1, 0.15) is 24.5 Å². The average Bonchev–Trinajstić information content (AvgIpc) is 2.83. The number of carboxylic acids is 1. The van der Waals surface area contributed by atoms with Gasteiger partial charge in [0.05, 0.1) is 5.92 Å². The number of carboxylic acid groups (broad SMARTS) is 1. The Morgan fingerprint density at radius 2 is 2.16 bits per heavy atom. The van der Waals surface area contributed by atoms with E-state index in [4.69, 9.17) is 5.11 Å². The van der Waals surface area contributed by atoms with Crippen LogP contribution in [0, 0.1) is 19.8 Å². The molecule has 0 aromatic carbocycles. The largest absolute Gasteiger partial charge is 0.481 e. The fraction of sp³-hybridized carbons (Fsp3) is 0.667. The Morgan fingerprint density at radius 3 is 2.68 bits per heavy atom. The molecule has 1 aromatic heterocycles. The van der Waals surface area contributed by atoms with Crippen LogP contribution in [0.15, 0.2) is 0 Å². The first-order valence-corrected chi connectivity index (χ1v) is 6.36. The number of nitrogens with zero attached hydrogens (tertiary/aromatic N) is 4. The first kappa shape index (κ1) is 13.5. The highest BCUT2D eigenvalue weighted by Crippen LogP contribution is 2.18. The lowest BCUT2D eigenvalue weighted by atomic mass is 10.1. The summed E-state index contributed by atoms with van der Waals surface area (Å²) in [7, 11) is 0. The quantitative estimate of drug-likeness (QED) is 0.823. The molecule has 1 amide bonds. The van der Waals surface area contributed by atoms with E-state index in [1.165, 1.54) is 0 Å². The Kier molecular flexibility index (Phi) is 3.82. The molecule has 0 radical (unpaired) electrons. The molecular formula is C12H18N4O3. The highest BCUT2D eigenvalue weighted by molar-refractivity contribution is 5.86. The molecule has 2 heterocycles. The second kappa shape index (κ2) is 5.38. The van der Waals surface area contributed by atoms with Crippen LogP contribution in [0.2, 0.25) is 0 Å². The summed E-state index contributed by atoms with van der Waals surface area (Å²) in [6.07, 6.45) is 0.874. The van der Waals surface area contributed by atoms with Crippen LogP contribution < -0.4 is 0 Å². The van der Waals surface area contributed by atoms with E-state index in [-0.39, 0.29) is 12.3 Å². The maximum atomic E-state index is 11.6. The Morgan fingerprint density at radius 1 is 1.42 bits per heavy atom. The molecule has 104 valence electrons. The highest BCUT2D eigenvalue weighted by Gasteiger charge is 2.33. The molecule has 0 saturated carbocycles. The second-order valence-electron chi connectivity index (χ2n) is 4.86. The zero-order valence-electron chi connectivity index (χ0n) is 11.2. The van der Waals surface area contributed by atoms with Crippen molar-refractivity contribution in [2.75, 3.05) is 13.1 Å². The standard InChI is InChI=1S/C12H18N4O3/c1-8-13-9(2)16(14-8)5-3-4-15-7-10(12(18)19)6-11(15)17/h10H,3-7H2,1-2H3,(H,18,19)/t10-/m0/s1. The molecule has 0 bridgehead atoms. The Balaban J connectivity index is 1.82. The summed E-state index contributed by atoms with van der Waals surface area (Å²) in [4.78, 5) is 28.3. The van der Waals surface area contributed by atoms with E-state index in [0.717, 1.165) is 18.1 Å². The molecule has 1 N–H and O–H groups in total. The third-order valence-corrected chi connectivity index (χ3v) is 3.32. The van der Waals surface area contributed by atoms with Gasteiger partial charge in [0.2, 0.25) is 5.91 Å². The zero-order valence-corrected chi connectivity index (χ0v) is 11.2. The minimum atomic E-state index is -0.890. The first-order valence-electron chi connectivity index (χ1n) is 6.36. The van der Waals surface area contributed by atoms with Crippen LogP contribution in [-0.2, 0) is 16.1 Å². The van der Waals surface area contributed by atoms with Crippen LogP contribution >= 0.6 is 0 Å². The number of rotatable bonds is 5. The van der Waals surface area contributed by atoms with Gasteiger partial charge in [0.25, 0.3) is 0 Å². The van der Waals surface area contributed by atoms with E-state index < -0.39 is 11.9 Å². The molecule has 1 saturated heterocycles. The van der Waals surface area contributed by atoms with Gasteiger partial charge < -0.3 is 10.0 Å². The molecule has 1 atom stereocenters. The van der Waals surface area contributed by atoms with Gasteiger partial charge in [-0.3, -0.25) is 14.3 Å². The van der Waals surface area contributed by atoms with Gasteiger partial charge in [-0.2, -0.15) is 5.10 Å². The van der Waals surface area contributed by atoms with Crippen molar-refractivity contribution in [1.82, 2.24) is 19.7 Å². The maximum Gasteiger partial charge on any atom is 0.308 e. The fourth-order valence-electron chi connectivity index (χ4n) is 2.34. The molecule has 1 aliphatic rings. The van der Waals surface area contributed by atoms with E-state index in [1.807, 2.05) is 18.5 Å². The van der Waals surface area contributed by atoms with Crippen molar-refractivity contribution in [3.63, 3.8) is 0 Å². The van der Waals surface area contributed by atoms with Gasteiger partial charge >= 0.3 is 5.97 Å². The summed E-state index contributed by atoms with van der Waals surface area (Å²) in [5, 5.41) is 13.1. The number of hydrogen-bond donors (Lipinski definition) is 1. The molecule has 19 heavy (non-hydrogen) atoms. The van der Waals surface area contributed by atoms with E-state index >= 15 is 0 Å². The number of carbonyl (C=O) groups is 2. The molecule has 0 unspecified atom stereocenters. The van der Waals surface area contributed by atoms with Crippen LogP contribution in [0.4, 0.5) is 0 Å². The van der Waals surface area contributed by atoms with Crippen molar-refractivity contribution in [2.24, 2.45) is 5.92 Å². The summed E-state index contributed by atoms with van der Waals surface area (Å²) >= 11 is 0. The highest BCUT2D eigenvalue weighted by atomic mass is 16.4. The van der Waals surface area contributed by atoms with E-state index in [2.05, 4.69) is 10.1 Å². The molecule has 0 aliphatic carbocycles. The van der Waals surface area contributed by atoms with Crippen molar-refractivity contribution in [1.29, 1.82) is 0 Å². The van der Waals surface area contributed by atoms with Crippen molar-refractivity contribution < 1.29 is 14.7 Å². The third kappa shape index (κ3) is 3.10. The summed E-state index contributed by atoms with van der Waals surface area (Å²) in [5.41, 5.74) is 0. The summed E-state index contributed by atoms with van der Waals surface area (Å²) in [5.74, 6) is 0.0784. The molecule has 7 nitrogen and oxygen atoms in total.